The van der Waals surface area contributed by atoms with E-state index in [2.05, 4.69) is 4.74 Å². The van der Waals surface area contributed by atoms with Crippen molar-refractivity contribution in [3.8, 4) is 11.5 Å². The van der Waals surface area contributed by atoms with Gasteiger partial charge in [0.05, 0.1) is 17.6 Å². The van der Waals surface area contributed by atoms with Crippen LogP contribution in [-0.2, 0) is 10.8 Å². The SMILES string of the molecule is CCCC1CC=C(C(F)(F)OC2CCC(C(F)(F)Oc3ccc(C(F)(F)Oc4cc(F)c(F)c(F)c4)cc3)CC2)CC1. The van der Waals surface area contributed by atoms with Crippen molar-refractivity contribution in [2.75, 3.05) is 0 Å². The monoisotopic (exact) mass is 610 g/mol. The van der Waals surface area contributed by atoms with Gasteiger partial charge in [-0.25, -0.2) is 13.2 Å². The Kier molecular flexibility index (Phi) is 9.74. The highest BCUT2D eigenvalue weighted by Crippen LogP contribution is 2.43. The van der Waals surface area contributed by atoms with Crippen LogP contribution in [0.4, 0.5) is 39.5 Å². The van der Waals surface area contributed by atoms with E-state index in [1.165, 1.54) is 6.08 Å². The van der Waals surface area contributed by atoms with Crippen molar-refractivity contribution >= 4 is 0 Å². The summed E-state index contributed by atoms with van der Waals surface area (Å²) in [5, 5.41) is 0. The highest BCUT2D eigenvalue weighted by molar-refractivity contribution is 5.31. The second-order valence-corrected chi connectivity index (χ2v) is 10.8. The molecule has 2 aromatic rings. The van der Waals surface area contributed by atoms with Crippen molar-refractivity contribution in [1.82, 2.24) is 0 Å². The molecule has 1 fully saturated rings. The largest absolute Gasteiger partial charge is 0.432 e. The Bertz CT molecular complexity index is 1220. The normalized spacial score (nSPS) is 22.0. The van der Waals surface area contributed by atoms with Crippen molar-refractivity contribution in [3.63, 3.8) is 0 Å². The summed E-state index contributed by atoms with van der Waals surface area (Å²) in [4.78, 5) is 0. The van der Waals surface area contributed by atoms with Gasteiger partial charge in [0.2, 0.25) is 0 Å². The standard InChI is InChI=1S/C30H31F9O3/c1-2-3-18-4-6-19(7-5-18)28(34,35)40-22-12-8-20(9-13-22)29(36,37)41-23-14-10-21(11-15-23)30(38,39)42-24-16-25(31)27(33)26(32)17-24/h6,10-11,14-18,20,22H,2-5,7-9,12-13H2,1H3. The van der Waals surface area contributed by atoms with Crippen LogP contribution in [0.1, 0.15) is 70.3 Å². The third kappa shape index (κ3) is 7.73. The molecule has 2 aliphatic carbocycles. The average molecular weight is 611 g/mol. The topological polar surface area (TPSA) is 27.7 Å². The van der Waals surface area contributed by atoms with Gasteiger partial charge in [0, 0.05) is 17.7 Å². The lowest BCUT2D eigenvalue weighted by Gasteiger charge is -2.35. The third-order valence-corrected chi connectivity index (χ3v) is 7.70. The minimum atomic E-state index is -4.15. The Morgan fingerprint density at radius 2 is 1.38 bits per heavy atom. The van der Waals surface area contributed by atoms with Gasteiger partial charge in [0.1, 0.15) is 11.5 Å². The van der Waals surface area contributed by atoms with Crippen LogP contribution in [0.5, 0.6) is 11.5 Å². The lowest BCUT2D eigenvalue weighted by atomic mass is 9.85. The lowest BCUT2D eigenvalue weighted by Crippen LogP contribution is -2.40. The number of hydrogen-bond acceptors (Lipinski definition) is 3. The van der Waals surface area contributed by atoms with E-state index in [1.54, 1.807) is 0 Å². The third-order valence-electron chi connectivity index (χ3n) is 7.70. The molecule has 3 nitrogen and oxygen atoms in total. The van der Waals surface area contributed by atoms with Crippen molar-refractivity contribution in [2.24, 2.45) is 11.8 Å². The summed E-state index contributed by atoms with van der Waals surface area (Å²) in [6.45, 7) is 2.05. The maximum absolute atomic E-state index is 14.9. The Hall–Kier alpha value is -2.89. The molecule has 1 unspecified atom stereocenters. The molecule has 0 aromatic heterocycles. The Morgan fingerprint density at radius 3 is 1.93 bits per heavy atom. The Balaban J connectivity index is 1.30. The maximum atomic E-state index is 14.9. The molecule has 42 heavy (non-hydrogen) atoms. The molecular weight excluding hydrogens is 579 g/mol. The van der Waals surface area contributed by atoms with Gasteiger partial charge in [-0.05, 0) is 75.1 Å². The van der Waals surface area contributed by atoms with Crippen molar-refractivity contribution < 1.29 is 53.7 Å². The summed E-state index contributed by atoms with van der Waals surface area (Å²) in [5.74, 6) is -7.70. The van der Waals surface area contributed by atoms with Crippen molar-refractivity contribution in [1.29, 1.82) is 0 Å². The van der Waals surface area contributed by atoms with Gasteiger partial charge in [-0.15, -0.1) is 0 Å². The van der Waals surface area contributed by atoms with E-state index >= 15 is 0 Å². The van der Waals surface area contributed by atoms with Crippen LogP contribution < -0.4 is 9.47 Å². The molecule has 1 atom stereocenters. The number of rotatable bonds is 11. The fourth-order valence-electron chi connectivity index (χ4n) is 5.38. The molecule has 2 aromatic carbocycles. The van der Waals surface area contributed by atoms with Crippen LogP contribution >= 0.6 is 0 Å². The minimum absolute atomic E-state index is 0.0297. The van der Waals surface area contributed by atoms with E-state index in [0.29, 0.717) is 18.8 Å². The van der Waals surface area contributed by atoms with E-state index < -0.39 is 64.9 Å². The molecule has 0 amide bonds. The van der Waals surface area contributed by atoms with Crippen LogP contribution in [0.2, 0.25) is 0 Å². The minimum Gasteiger partial charge on any atom is -0.432 e. The van der Waals surface area contributed by atoms with E-state index in [0.717, 1.165) is 37.1 Å². The van der Waals surface area contributed by atoms with E-state index in [4.69, 9.17) is 9.47 Å². The lowest BCUT2D eigenvalue weighted by molar-refractivity contribution is -0.258. The molecule has 0 radical (unpaired) electrons. The molecule has 0 N–H and O–H groups in total. The quantitative estimate of drug-likeness (QED) is 0.144. The predicted octanol–water partition coefficient (Wildman–Crippen LogP) is 9.90. The first-order valence-corrected chi connectivity index (χ1v) is 13.8. The summed E-state index contributed by atoms with van der Waals surface area (Å²) in [5.41, 5.74) is -0.919. The van der Waals surface area contributed by atoms with Gasteiger partial charge in [-0.3, -0.25) is 0 Å². The van der Waals surface area contributed by atoms with Gasteiger partial charge in [-0.2, -0.15) is 26.3 Å². The number of benzene rings is 2. The second kappa shape index (κ2) is 12.8. The molecule has 12 heteroatoms. The molecule has 0 heterocycles. The van der Waals surface area contributed by atoms with Gasteiger partial charge >= 0.3 is 18.3 Å². The smallest absolute Gasteiger partial charge is 0.426 e. The first-order chi connectivity index (χ1) is 19.7. The Labute approximate surface area is 237 Å². The first kappa shape index (κ1) is 32.0. The number of hydrogen-bond donors (Lipinski definition) is 0. The molecule has 0 bridgehead atoms. The van der Waals surface area contributed by atoms with E-state index in [-0.39, 0.29) is 49.8 Å². The molecule has 1 saturated carbocycles. The zero-order valence-corrected chi connectivity index (χ0v) is 22.8. The summed E-state index contributed by atoms with van der Waals surface area (Å²) in [6.07, 6.45) is -7.63. The predicted molar refractivity (Wildman–Crippen MR) is 135 cm³/mol. The summed E-state index contributed by atoms with van der Waals surface area (Å²) >= 11 is 0. The fourth-order valence-corrected chi connectivity index (χ4v) is 5.38. The zero-order valence-electron chi connectivity index (χ0n) is 22.8. The fraction of sp³-hybridized carbons (Fsp3) is 0.533. The highest BCUT2D eigenvalue weighted by Gasteiger charge is 2.47. The molecule has 0 aliphatic heterocycles. The molecule has 0 saturated heterocycles. The maximum Gasteiger partial charge on any atom is 0.426 e. The van der Waals surface area contributed by atoms with Crippen LogP contribution in [0.15, 0.2) is 48.0 Å². The summed E-state index contributed by atoms with van der Waals surface area (Å²) in [7, 11) is 0. The number of ether oxygens (including phenoxy) is 3. The molecular formula is C30H31F9O3. The zero-order chi connectivity index (χ0) is 30.7. The number of halogens is 9. The molecule has 2 aliphatic rings. The summed E-state index contributed by atoms with van der Waals surface area (Å²) < 4.78 is 142. The highest BCUT2D eigenvalue weighted by atomic mass is 19.3. The molecule has 232 valence electrons. The number of alkyl halides is 6. The van der Waals surface area contributed by atoms with Crippen LogP contribution in [0, 0.1) is 29.3 Å². The van der Waals surface area contributed by atoms with E-state index in [9.17, 15) is 39.5 Å². The Morgan fingerprint density at radius 1 is 0.762 bits per heavy atom. The second-order valence-electron chi connectivity index (χ2n) is 10.8. The van der Waals surface area contributed by atoms with Crippen LogP contribution in [-0.4, -0.2) is 18.3 Å². The van der Waals surface area contributed by atoms with Crippen molar-refractivity contribution in [3.05, 3.63) is 71.1 Å². The van der Waals surface area contributed by atoms with Gasteiger partial charge in [0.15, 0.2) is 17.5 Å². The van der Waals surface area contributed by atoms with Crippen LogP contribution in [0.25, 0.3) is 0 Å². The van der Waals surface area contributed by atoms with Crippen LogP contribution in [0.3, 0.4) is 0 Å². The van der Waals surface area contributed by atoms with Gasteiger partial charge in [-0.1, -0.05) is 25.8 Å². The number of allylic oxidation sites excluding steroid dienone is 1. The van der Waals surface area contributed by atoms with Gasteiger partial charge in [0.25, 0.3) is 0 Å². The summed E-state index contributed by atoms with van der Waals surface area (Å²) in [6, 6.07) is 3.59. The van der Waals surface area contributed by atoms with Crippen molar-refractivity contribution in [2.45, 2.75) is 89.1 Å². The van der Waals surface area contributed by atoms with E-state index in [1.807, 2.05) is 6.92 Å². The molecule has 4 rings (SSSR count). The average Bonchev–Trinajstić information content (AvgIpc) is 2.92. The van der Waals surface area contributed by atoms with Gasteiger partial charge < -0.3 is 14.2 Å². The molecule has 0 spiro atoms. The first-order valence-electron chi connectivity index (χ1n) is 13.8.